The molecule has 172 valence electrons. The summed E-state index contributed by atoms with van der Waals surface area (Å²) in [5.41, 5.74) is 2.13. The van der Waals surface area contributed by atoms with E-state index in [1.54, 1.807) is 15.7 Å². The minimum absolute atomic E-state index is 0.206. The van der Waals surface area contributed by atoms with Crippen LogP contribution in [0, 0.1) is 0 Å². The molecule has 8 heteroatoms. The number of fused-ring (bicyclic) bond motifs is 1. The Hall–Kier alpha value is -2.71. The first-order valence-electron chi connectivity index (χ1n) is 10.9. The van der Waals surface area contributed by atoms with Crippen LogP contribution in [0.15, 0.2) is 54.0 Å². The van der Waals surface area contributed by atoms with Crippen molar-refractivity contribution in [2.75, 3.05) is 26.3 Å². The number of hydrogen-bond acceptors (Lipinski definition) is 5. The van der Waals surface area contributed by atoms with Crippen molar-refractivity contribution in [3.63, 3.8) is 0 Å². The number of ether oxygens (including phenoxy) is 1. The molecule has 0 N–H and O–H groups in total. The largest absolute Gasteiger partial charge is 0.378 e. The van der Waals surface area contributed by atoms with Crippen LogP contribution in [0.2, 0.25) is 0 Å². The fourth-order valence-corrected chi connectivity index (χ4v) is 5.79. The number of morpholine rings is 1. The van der Waals surface area contributed by atoms with Gasteiger partial charge in [0.05, 0.1) is 36.1 Å². The lowest BCUT2D eigenvalue weighted by Crippen LogP contribution is -2.41. The molecule has 7 nitrogen and oxygen atoms in total. The minimum atomic E-state index is -3.52. The predicted molar refractivity (Wildman–Crippen MR) is 127 cm³/mol. The Morgan fingerprint density at radius 3 is 2.59 bits per heavy atom. The molecule has 3 heterocycles. The van der Waals surface area contributed by atoms with Crippen LogP contribution in [0.25, 0.3) is 5.57 Å². The van der Waals surface area contributed by atoms with Gasteiger partial charge in [-0.3, -0.25) is 9.48 Å². The van der Waals surface area contributed by atoms with Crippen LogP contribution in [0.3, 0.4) is 0 Å². The smallest absolute Gasteiger partial charge is 0.274 e. The van der Waals surface area contributed by atoms with Crippen molar-refractivity contribution in [1.82, 2.24) is 14.7 Å². The Morgan fingerprint density at radius 1 is 1.19 bits per heavy atom. The van der Waals surface area contributed by atoms with Crippen molar-refractivity contribution >= 4 is 21.3 Å². The average molecular weight is 458 g/mol. The Kier molecular flexibility index (Phi) is 8.04. The number of sulfone groups is 1. The monoisotopic (exact) mass is 457 g/mol. The van der Waals surface area contributed by atoms with Crippen molar-refractivity contribution in [3.05, 3.63) is 71.0 Å². The highest BCUT2D eigenvalue weighted by atomic mass is 32.2. The van der Waals surface area contributed by atoms with Gasteiger partial charge in [0.25, 0.3) is 5.91 Å². The van der Waals surface area contributed by atoms with Crippen LogP contribution >= 0.6 is 0 Å². The lowest BCUT2D eigenvalue weighted by Gasteiger charge is -2.26. The van der Waals surface area contributed by atoms with E-state index in [2.05, 4.69) is 11.7 Å². The maximum atomic E-state index is 13.2. The maximum Gasteiger partial charge on any atom is 0.274 e. The van der Waals surface area contributed by atoms with E-state index in [0.29, 0.717) is 61.7 Å². The molecule has 1 aromatic heterocycles. The molecule has 32 heavy (non-hydrogen) atoms. The number of nitrogens with zero attached hydrogens (tertiary/aromatic N) is 3. The second-order valence-corrected chi connectivity index (χ2v) is 9.75. The molecule has 0 spiro atoms. The fraction of sp³-hybridized carbons (Fsp3) is 0.417. The molecule has 1 saturated heterocycles. The molecule has 0 aliphatic carbocycles. The number of rotatable bonds is 8. The number of carbonyl (C=O) groups excluding carboxylic acids is 1. The quantitative estimate of drug-likeness (QED) is 0.439. The Balaban J connectivity index is 2.04. The summed E-state index contributed by atoms with van der Waals surface area (Å²) in [7, 11) is -3.52. The van der Waals surface area contributed by atoms with Gasteiger partial charge in [0, 0.05) is 18.7 Å². The Bertz CT molecular complexity index is 1080. The maximum absolute atomic E-state index is 13.2. The van der Waals surface area contributed by atoms with Crippen LogP contribution in [0.5, 0.6) is 0 Å². The van der Waals surface area contributed by atoms with Gasteiger partial charge < -0.3 is 9.64 Å². The molecule has 1 fully saturated rings. The first-order valence-corrected chi connectivity index (χ1v) is 12.5. The van der Waals surface area contributed by atoms with E-state index >= 15 is 0 Å². The SMILES string of the molecule is C=CCCC1=C(C)c2c(c(C(=O)N3CCOCC3)nn2CC=CC=CC=CC)CS1(=O)=O. The molecule has 0 unspecified atom stereocenters. The highest BCUT2D eigenvalue weighted by Gasteiger charge is 2.36. The van der Waals surface area contributed by atoms with Crippen molar-refractivity contribution in [2.24, 2.45) is 0 Å². The molecule has 0 radical (unpaired) electrons. The second-order valence-electron chi connectivity index (χ2n) is 7.74. The molecule has 1 aromatic rings. The van der Waals surface area contributed by atoms with Gasteiger partial charge in [-0.1, -0.05) is 42.5 Å². The lowest BCUT2D eigenvalue weighted by molar-refractivity contribution is 0.0298. The van der Waals surface area contributed by atoms with E-state index in [1.807, 2.05) is 50.3 Å². The van der Waals surface area contributed by atoms with Crippen molar-refractivity contribution in [2.45, 2.75) is 39.0 Å². The summed E-state index contributed by atoms with van der Waals surface area (Å²) in [6.07, 6.45) is 14.3. The van der Waals surface area contributed by atoms with Crippen LogP contribution in [-0.2, 0) is 26.9 Å². The summed E-state index contributed by atoms with van der Waals surface area (Å²) >= 11 is 0. The number of aromatic nitrogens is 2. The van der Waals surface area contributed by atoms with Gasteiger partial charge in [0.15, 0.2) is 15.5 Å². The van der Waals surface area contributed by atoms with Crippen LogP contribution in [0.4, 0.5) is 0 Å². The molecular weight excluding hydrogens is 426 g/mol. The molecule has 0 bridgehead atoms. The first kappa shape index (κ1) is 23.9. The summed E-state index contributed by atoms with van der Waals surface area (Å²) in [5.74, 6) is -0.444. The molecule has 3 rings (SSSR count). The van der Waals surface area contributed by atoms with Crippen LogP contribution < -0.4 is 0 Å². The van der Waals surface area contributed by atoms with Gasteiger partial charge in [0.1, 0.15) is 0 Å². The van der Waals surface area contributed by atoms with Gasteiger partial charge in [-0.15, -0.1) is 6.58 Å². The summed E-state index contributed by atoms with van der Waals surface area (Å²) in [5, 5.41) is 4.61. The molecule has 1 amide bonds. The van der Waals surface area contributed by atoms with E-state index in [0.717, 1.165) is 5.69 Å². The minimum Gasteiger partial charge on any atom is -0.378 e. The third-order valence-electron chi connectivity index (χ3n) is 5.55. The molecule has 0 aromatic carbocycles. The van der Waals surface area contributed by atoms with E-state index < -0.39 is 9.84 Å². The molecule has 0 atom stereocenters. The van der Waals surface area contributed by atoms with Gasteiger partial charge in [0.2, 0.25) is 0 Å². The predicted octanol–water partition coefficient (Wildman–Crippen LogP) is 3.67. The van der Waals surface area contributed by atoms with Crippen molar-refractivity contribution in [1.29, 1.82) is 0 Å². The van der Waals surface area contributed by atoms with Crippen molar-refractivity contribution in [3.8, 4) is 0 Å². The zero-order valence-electron chi connectivity index (χ0n) is 18.8. The summed E-state index contributed by atoms with van der Waals surface area (Å²) in [6.45, 7) is 9.80. The third-order valence-corrected chi connectivity index (χ3v) is 7.48. The fourth-order valence-electron chi connectivity index (χ4n) is 3.97. The van der Waals surface area contributed by atoms with Crippen LogP contribution in [-0.4, -0.2) is 55.3 Å². The van der Waals surface area contributed by atoms with E-state index in [1.165, 1.54) is 0 Å². The number of allylic oxidation sites excluding steroid dienone is 9. The number of amides is 1. The zero-order valence-corrected chi connectivity index (χ0v) is 19.6. The van der Waals surface area contributed by atoms with Gasteiger partial charge in [-0.2, -0.15) is 5.10 Å². The Morgan fingerprint density at radius 2 is 1.91 bits per heavy atom. The average Bonchev–Trinajstić information content (AvgIpc) is 3.13. The van der Waals surface area contributed by atoms with Gasteiger partial charge in [-0.05, 0) is 32.3 Å². The lowest BCUT2D eigenvalue weighted by atomic mass is 10.0. The summed E-state index contributed by atoms with van der Waals surface area (Å²) in [6, 6.07) is 0. The number of carbonyl (C=O) groups is 1. The number of hydrogen-bond donors (Lipinski definition) is 0. The highest BCUT2D eigenvalue weighted by Crippen LogP contribution is 2.38. The first-order chi connectivity index (χ1) is 15.4. The van der Waals surface area contributed by atoms with E-state index in [9.17, 15) is 13.2 Å². The molecule has 0 saturated carbocycles. The second kappa shape index (κ2) is 10.7. The highest BCUT2D eigenvalue weighted by molar-refractivity contribution is 7.94. The summed E-state index contributed by atoms with van der Waals surface area (Å²) in [4.78, 5) is 15.3. The van der Waals surface area contributed by atoms with Crippen molar-refractivity contribution < 1.29 is 17.9 Å². The normalized spacial score (nSPS) is 18.8. The van der Waals surface area contributed by atoms with Gasteiger partial charge >= 0.3 is 0 Å². The standard InChI is InChI=1S/C24H31N3O4S/c1-4-6-8-9-10-11-13-27-23-19(3)21(12-7-5-2)32(29,30)18-20(23)22(25-27)24(28)26-14-16-31-17-15-26/h4-6,8-11H,2,7,12-18H2,1,3H3. The molecule has 2 aliphatic heterocycles. The van der Waals surface area contributed by atoms with E-state index in [-0.39, 0.29) is 17.4 Å². The third kappa shape index (κ3) is 5.19. The van der Waals surface area contributed by atoms with Crippen LogP contribution in [0.1, 0.15) is 48.4 Å². The van der Waals surface area contributed by atoms with E-state index in [4.69, 9.17) is 4.74 Å². The topological polar surface area (TPSA) is 81.5 Å². The Labute approximate surface area is 190 Å². The molecular formula is C24H31N3O4S. The summed E-state index contributed by atoms with van der Waals surface area (Å²) < 4.78 is 33.3. The van der Waals surface area contributed by atoms with Gasteiger partial charge in [-0.25, -0.2) is 8.42 Å². The zero-order chi connectivity index (χ0) is 23.1. The molecule has 2 aliphatic rings.